The molecule has 6 heteroatoms. The Morgan fingerprint density at radius 2 is 1.88 bits per heavy atom. The number of nitrogens with two attached hydrogens (primary N) is 1. The van der Waals surface area contributed by atoms with E-state index in [-0.39, 0.29) is 16.6 Å². The van der Waals surface area contributed by atoms with Gasteiger partial charge in [0.1, 0.15) is 5.82 Å². The van der Waals surface area contributed by atoms with E-state index < -0.39 is 11.7 Å². The van der Waals surface area contributed by atoms with Crippen molar-refractivity contribution in [2.75, 3.05) is 5.73 Å². The van der Waals surface area contributed by atoms with Gasteiger partial charge in [-0.25, -0.2) is 4.98 Å². The third-order valence-corrected chi connectivity index (χ3v) is 2.42. The molecule has 0 aliphatic rings. The zero-order chi connectivity index (χ0) is 11.9. The van der Waals surface area contributed by atoms with Gasteiger partial charge in [-0.15, -0.1) is 0 Å². The Morgan fingerprint density at radius 3 is 2.50 bits per heavy atom. The van der Waals surface area contributed by atoms with E-state index in [1.165, 1.54) is 18.2 Å². The van der Waals surface area contributed by atoms with Gasteiger partial charge in [-0.1, -0.05) is 17.7 Å². The number of alkyl halides is 3. The molecule has 0 bridgehead atoms. The van der Waals surface area contributed by atoms with Crippen LogP contribution >= 0.6 is 11.6 Å². The Bertz CT molecular complexity index is 551. The predicted octanol–water partition coefficient (Wildman–Crippen LogP) is 3.49. The lowest BCUT2D eigenvalue weighted by atomic mass is 10.1. The molecule has 0 aliphatic heterocycles. The van der Waals surface area contributed by atoms with Gasteiger partial charge < -0.3 is 5.73 Å². The van der Waals surface area contributed by atoms with Crippen LogP contribution in [-0.2, 0) is 6.18 Å². The number of aromatic nitrogens is 1. The smallest absolute Gasteiger partial charge is 0.383 e. The lowest BCUT2D eigenvalue weighted by Crippen LogP contribution is -2.07. The summed E-state index contributed by atoms with van der Waals surface area (Å²) in [7, 11) is 0. The summed E-state index contributed by atoms with van der Waals surface area (Å²) in [4.78, 5) is 3.51. The second kappa shape index (κ2) is 3.52. The van der Waals surface area contributed by atoms with Crippen molar-refractivity contribution in [3.8, 4) is 0 Å². The summed E-state index contributed by atoms with van der Waals surface area (Å²) < 4.78 is 37.9. The molecule has 16 heavy (non-hydrogen) atoms. The monoisotopic (exact) mass is 246 g/mol. The topological polar surface area (TPSA) is 38.9 Å². The van der Waals surface area contributed by atoms with Gasteiger partial charge in [0.15, 0.2) is 0 Å². The van der Waals surface area contributed by atoms with Gasteiger partial charge in [-0.05, 0) is 17.5 Å². The fourth-order valence-electron chi connectivity index (χ4n) is 1.46. The molecule has 0 aliphatic carbocycles. The van der Waals surface area contributed by atoms with Crippen molar-refractivity contribution in [2.45, 2.75) is 6.18 Å². The minimum absolute atomic E-state index is 0.00407. The predicted molar refractivity (Wildman–Crippen MR) is 56.2 cm³/mol. The van der Waals surface area contributed by atoms with Crippen LogP contribution in [0.3, 0.4) is 0 Å². The highest BCUT2D eigenvalue weighted by molar-refractivity contribution is 6.31. The highest BCUT2D eigenvalue weighted by Gasteiger charge is 2.33. The number of hydrogen-bond donors (Lipinski definition) is 1. The van der Waals surface area contributed by atoms with Crippen LogP contribution in [0, 0.1) is 0 Å². The molecule has 0 fully saturated rings. The normalized spacial score (nSPS) is 12.0. The second-order valence-electron chi connectivity index (χ2n) is 3.24. The second-order valence-corrected chi connectivity index (χ2v) is 3.68. The van der Waals surface area contributed by atoms with E-state index in [2.05, 4.69) is 4.98 Å². The SMILES string of the molecule is Nc1ncc(C(F)(F)F)c2ccc(Cl)cc12. The van der Waals surface area contributed by atoms with Crippen LogP contribution in [0.15, 0.2) is 24.4 Å². The maximum Gasteiger partial charge on any atom is 0.418 e. The lowest BCUT2D eigenvalue weighted by Gasteiger charge is -2.11. The summed E-state index contributed by atoms with van der Waals surface area (Å²) in [6.45, 7) is 0. The minimum atomic E-state index is -4.45. The van der Waals surface area contributed by atoms with E-state index in [1.54, 1.807) is 0 Å². The molecular weight excluding hydrogens is 241 g/mol. The van der Waals surface area contributed by atoms with Crippen molar-refractivity contribution in [1.82, 2.24) is 4.98 Å². The number of fused-ring (bicyclic) bond motifs is 1. The highest BCUT2D eigenvalue weighted by atomic mass is 35.5. The first-order chi connectivity index (χ1) is 7.39. The van der Waals surface area contributed by atoms with Crippen LogP contribution in [0.2, 0.25) is 5.02 Å². The van der Waals surface area contributed by atoms with E-state index in [0.29, 0.717) is 5.02 Å². The molecule has 0 saturated carbocycles. The number of benzene rings is 1. The maximum atomic E-state index is 12.6. The quantitative estimate of drug-likeness (QED) is 0.773. The average molecular weight is 247 g/mol. The Morgan fingerprint density at radius 1 is 1.19 bits per heavy atom. The number of rotatable bonds is 0. The standard InChI is InChI=1S/C10H6ClF3N2/c11-5-1-2-6-7(3-5)9(15)16-4-8(6)10(12,13)14/h1-4H,(H2,15,16). The number of pyridine rings is 1. The van der Waals surface area contributed by atoms with Crippen LogP contribution < -0.4 is 5.73 Å². The molecule has 1 aromatic heterocycles. The molecule has 1 heterocycles. The third kappa shape index (κ3) is 1.78. The Hall–Kier alpha value is -1.49. The number of halogens is 4. The van der Waals surface area contributed by atoms with Crippen molar-refractivity contribution in [1.29, 1.82) is 0 Å². The Balaban J connectivity index is 2.85. The summed E-state index contributed by atoms with van der Waals surface area (Å²) >= 11 is 5.69. The van der Waals surface area contributed by atoms with E-state index in [1.807, 2.05) is 0 Å². The summed E-state index contributed by atoms with van der Waals surface area (Å²) in [6.07, 6.45) is -3.72. The van der Waals surface area contributed by atoms with E-state index in [0.717, 1.165) is 6.20 Å². The van der Waals surface area contributed by atoms with Crippen LogP contribution in [0.4, 0.5) is 19.0 Å². The molecule has 0 amide bonds. The molecule has 2 N–H and O–H groups in total. The van der Waals surface area contributed by atoms with Crippen molar-refractivity contribution in [2.24, 2.45) is 0 Å². The van der Waals surface area contributed by atoms with Gasteiger partial charge in [0, 0.05) is 16.6 Å². The maximum absolute atomic E-state index is 12.6. The van der Waals surface area contributed by atoms with Gasteiger partial charge in [-0.2, -0.15) is 13.2 Å². The molecule has 84 valence electrons. The molecule has 2 nitrogen and oxygen atoms in total. The fourth-order valence-corrected chi connectivity index (χ4v) is 1.63. The molecule has 0 saturated heterocycles. The first kappa shape index (κ1) is 11.0. The summed E-state index contributed by atoms with van der Waals surface area (Å²) in [5.74, 6) is 0.0329. The molecule has 0 spiro atoms. The van der Waals surface area contributed by atoms with Gasteiger partial charge in [-0.3, -0.25) is 0 Å². The molecule has 1 aromatic carbocycles. The van der Waals surface area contributed by atoms with E-state index in [4.69, 9.17) is 17.3 Å². The molecule has 0 atom stereocenters. The molecule has 0 unspecified atom stereocenters. The van der Waals surface area contributed by atoms with Crippen LogP contribution in [0.5, 0.6) is 0 Å². The van der Waals surface area contributed by atoms with Crippen LogP contribution in [-0.4, -0.2) is 4.98 Å². The van der Waals surface area contributed by atoms with Gasteiger partial charge in [0.05, 0.1) is 5.56 Å². The van der Waals surface area contributed by atoms with Crippen molar-refractivity contribution in [3.63, 3.8) is 0 Å². The first-order valence-corrected chi connectivity index (χ1v) is 4.68. The largest absolute Gasteiger partial charge is 0.418 e. The highest BCUT2D eigenvalue weighted by Crippen LogP contribution is 2.36. The lowest BCUT2D eigenvalue weighted by molar-refractivity contribution is -0.136. The molecule has 2 rings (SSSR count). The van der Waals surface area contributed by atoms with Crippen LogP contribution in [0.25, 0.3) is 10.8 Å². The number of hydrogen-bond acceptors (Lipinski definition) is 2. The Kier molecular flexibility index (Phi) is 2.42. The molecular formula is C10H6ClF3N2. The number of anilines is 1. The van der Waals surface area contributed by atoms with Crippen LogP contribution in [0.1, 0.15) is 5.56 Å². The molecule has 0 radical (unpaired) electrons. The van der Waals surface area contributed by atoms with E-state index >= 15 is 0 Å². The van der Waals surface area contributed by atoms with E-state index in [9.17, 15) is 13.2 Å². The molecule has 2 aromatic rings. The number of nitrogens with zero attached hydrogens (tertiary/aromatic N) is 1. The van der Waals surface area contributed by atoms with Crippen molar-refractivity contribution < 1.29 is 13.2 Å². The summed E-state index contributed by atoms with van der Waals surface area (Å²) in [5, 5.41) is 0.534. The first-order valence-electron chi connectivity index (χ1n) is 4.30. The van der Waals surface area contributed by atoms with Crippen molar-refractivity contribution in [3.05, 3.63) is 35.0 Å². The van der Waals surface area contributed by atoms with Crippen molar-refractivity contribution >= 4 is 28.2 Å². The third-order valence-electron chi connectivity index (χ3n) is 2.19. The zero-order valence-corrected chi connectivity index (χ0v) is 8.60. The summed E-state index contributed by atoms with van der Waals surface area (Å²) in [5.41, 5.74) is 4.69. The van der Waals surface area contributed by atoms with Gasteiger partial charge >= 0.3 is 6.18 Å². The number of nitrogen functional groups attached to an aromatic ring is 1. The zero-order valence-electron chi connectivity index (χ0n) is 7.85. The summed E-state index contributed by atoms with van der Waals surface area (Å²) in [6, 6.07) is 4.05. The Labute approximate surface area is 93.8 Å². The minimum Gasteiger partial charge on any atom is -0.383 e. The fraction of sp³-hybridized carbons (Fsp3) is 0.100. The average Bonchev–Trinajstić information content (AvgIpc) is 2.17. The van der Waals surface area contributed by atoms with Gasteiger partial charge in [0.25, 0.3) is 0 Å². The van der Waals surface area contributed by atoms with Gasteiger partial charge in [0.2, 0.25) is 0 Å².